The molecule has 0 radical (unpaired) electrons. The van der Waals surface area contributed by atoms with Gasteiger partial charge in [0.1, 0.15) is 10.6 Å². The quantitative estimate of drug-likeness (QED) is 0.715. The second-order valence-electron chi connectivity index (χ2n) is 7.35. The molecule has 9 heteroatoms. The van der Waals surface area contributed by atoms with Crippen molar-refractivity contribution < 1.29 is 13.2 Å². The molecule has 2 aromatic rings. The molecule has 0 atom stereocenters. The lowest BCUT2D eigenvalue weighted by Crippen LogP contribution is -2.50. The summed E-state index contributed by atoms with van der Waals surface area (Å²) in [6.07, 6.45) is 4.32. The van der Waals surface area contributed by atoms with Crippen LogP contribution in [0.2, 0.25) is 0 Å². The highest BCUT2D eigenvalue weighted by Crippen LogP contribution is 2.27. The summed E-state index contributed by atoms with van der Waals surface area (Å²) in [4.78, 5) is 27.0. The van der Waals surface area contributed by atoms with Gasteiger partial charge in [-0.25, -0.2) is 18.4 Å². The predicted octanol–water partition coefficient (Wildman–Crippen LogP) is 2.30. The van der Waals surface area contributed by atoms with E-state index in [0.717, 1.165) is 6.42 Å². The van der Waals surface area contributed by atoms with E-state index in [1.54, 1.807) is 23.2 Å². The van der Waals surface area contributed by atoms with Crippen LogP contribution < -0.4 is 0 Å². The molecule has 0 unspecified atom stereocenters. The largest absolute Gasteiger partial charge is 0.340 e. The van der Waals surface area contributed by atoms with E-state index < -0.39 is 10.0 Å². The zero-order valence-electron chi connectivity index (χ0n) is 17.1. The van der Waals surface area contributed by atoms with E-state index in [2.05, 4.69) is 15.0 Å². The maximum atomic E-state index is 13.3. The minimum atomic E-state index is -3.75. The Kier molecular flexibility index (Phi) is 6.59. The predicted molar refractivity (Wildman–Crippen MR) is 110 cm³/mol. The maximum Gasteiger partial charge on any atom is 0.246 e. The summed E-state index contributed by atoms with van der Waals surface area (Å²) in [6, 6.07) is 5.43. The fraction of sp³-hybridized carbons (Fsp3) is 0.500. The molecule has 0 saturated carbocycles. The molecule has 1 aliphatic heterocycles. The Hall–Kier alpha value is -2.39. The molecule has 0 aromatic carbocycles. The number of aromatic nitrogens is 3. The first-order valence-electron chi connectivity index (χ1n) is 9.90. The average Bonchev–Trinajstić information content (AvgIpc) is 2.74. The van der Waals surface area contributed by atoms with Crippen LogP contribution in [0.1, 0.15) is 45.2 Å². The molecule has 156 valence electrons. The van der Waals surface area contributed by atoms with E-state index in [9.17, 15) is 13.2 Å². The van der Waals surface area contributed by atoms with Gasteiger partial charge in [0.15, 0.2) is 5.82 Å². The molecule has 0 N–H and O–H groups in total. The van der Waals surface area contributed by atoms with Gasteiger partial charge in [-0.2, -0.15) is 4.31 Å². The van der Waals surface area contributed by atoms with Crippen molar-refractivity contribution in [2.45, 2.75) is 44.4 Å². The molecule has 0 spiro atoms. The Morgan fingerprint density at radius 2 is 1.86 bits per heavy atom. The molecule has 0 aliphatic carbocycles. The molecule has 2 aromatic heterocycles. The average molecular weight is 418 g/mol. The van der Waals surface area contributed by atoms with Gasteiger partial charge >= 0.3 is 0 Å². The zero-order valence-corrected chi connectivity index (χ0v) is 17.9. The number of amides is 1. The van der Waals surface area contributed by atoms with E-state index >= 15 is 0 Å². The van der Waals surface area contributed by atoms with Gasteiger partial charge in [0, 0.05) is 38.8 Å². The molecule has 0 bridgehead atoms. The summed E-state index contributed by atoms with van der Waals surface area (Å²) in [7, 11) is -3.75. The zero-order chi connectivity index (χ0) is 21.0. The third kappa shape index (κ3) is 4.62. The lowest BCUT2D eigenvalue weighted by Gasteiger charge is -2.34. The Morgan fingerprint density at radius 1 is 1.14 bits per heavy atom. The summed E-state index contributed by atoms with van der Waals surface area (Å²) < 4.78 is 28.0. The molecule has 29 heavy (non-hydrogen) atoms. The monoisotopic (exact) mass is 417 g/mol. The molecule has 8 nitrogen and oxygen atoms in total. The summed E-state index contributed by atoms with van der Waals surface area (Å²) in [5.41, 5.74) is 1.08. The number of nitrogens with zero attached hydrogens (tertiary/aromatic N) is 5. The highest BCUT2D eigenvalue weighted by atomic mass is 32.2. The topological polar surface area (TPSA) is 96.4 Å². The van der Waals surface area contributed by atoms with Crippen molar-refractivity contribution in [3.8, 4) is 11.5 Å². The van der Waals surface area contributed by atoms with Crippen LogP contribution in [0.3, 0.4) is 0 Å². The molecular weight excluding hydrogens is 390 g/mol. The van der Waals surface area contributed by atoms with Gasteiger partial charge in [0.25, 0.3) is 0 Å². The van der Waals surface area contributed by atoms with Crippen LogP contribution in [0, 0.1) is 0 Å². The minimum Gasteiger partial charge on any atom is -0.340 e. The first kappa shape index (κ1) is 21.3. The highest BCUT2D eigenvalue weighted by Gasteiger charge is 2.33. The van der Waals surface area contributed by atoms with Crippen LogP contribution in [0.15, 0.2) is 35.5 Å². The maximum absolute atomic E-state index is 13.3. The van der Waals surface area contributed by atoms with Crippen LogP contribution in [-0.4, -0.2) is 64.7 Å². The summed E-state index contributed by atoms with van der Waals surface area (Å²) >= 11 is 0. The third-order valence-corrected chi connectivity index (χ3v) is 6.81. The molecule has 1 amide bonds. The van der Waals surface area contributed by atoms with E-state index in [1.165, 1.54) is 10.5 Å². The van der Waals surface area contributed by atoms with Gasteiger partial charge in [-0.15, -0.1) is 0 Å². The normalized spacial score (nSPS) is 15.7. The van der Waals surface area contributed by atoms with Crippen molar-refractivity contribution in [3.63, 3.8) is 0 Å². The Balaban J connectivity index is 1.86. The van der Waals surface area contributed by atoms with Crippen LogP contribution in [-0.2, 0) is 14.8 Å². The lowest BCUT2D eigenvalue weighted by molar-refractivity contribution is -0.132. The fourth-order valence-electron chi connectivity index (χ4n) is 3.30. The van der Waals surface area contributed by atoms with Crippen LogP contribution in [0.5, 0.6) is 0 Å². The SMILES string of the molecule is CCCC(=O)N1CCN(S(=O)(=O)c2cnc(-c3ccccn3)nc2C(C)C)CC1. The number of carbonyl (C=O) groups excluding carboxylic acids is 1. The number of sulfonamides is 1. The second-order valence-corrected chi connectivity index (χ2v) is 9.25. The van der Waals surface area contributed by atoms with E-state index in [4.69, 9.17) is 0 Å². The van der Waals surface area contributed by atoms with Crippen molar-refractivity contribution >= 4 is 15.9 Å². The van der Waals surface area contributed by atoms with Gasteiger partial charge in [0.05, 0.1) is 11.9 Å². The summed E-state index contributed by atoms with van der Waals surface area (Å²) in [5.74, 6) is 0.386. The number of hydrogen-bond donors (Lipinski definition) is 0. The number of carbonyl (C=O) groups is 1. The van der Waals surface area contributed by atoms with Gasteiger partial charge in [-0.1, -0.05) is 26.8 Å². The number of rotatable bonds is 6. The van der Waals surface area contributed by atoms with Gasteiger partial charge in [0.2, 0.25) is 15.9 Å². The van der Waals surface area contributed by atoms with Gasteiger partial charge in [-0.05, 0) is 24.5 Å². The Bertz CT molecular complexity index is 955. The van der Waals surface area contributed by atoms with Crippen molar-refractivity contribution in [1.82, 2.24) is 24.2 Å². The molecule has 1 saturated heterocycles. The minimum absolute atomic E-state index is 0.0791. The molecule has 1 fully saturated rings. The van der Waals surface area contributed by atoms with E-state index in [0.29, 0.717) is 36.7 Å². The molecular formula is C20H27N5O3S. The van der Waals surface area contributed by atoms with Crippen molar-refractivity contribution in [2.24, 2.45) is 0 Å². The van der Waals surface area contributed by atoms with Gasteiger partial charge < -0.3 is 4.90 Å². The van der Waals surface area contributed by atoms with Crippen LogP contribution in [0.25, 0.3) is 11.5 Å². The smallest absolute Gasteiger partial charge is 0.246 e. The van der Waals surface area contributed by atoms with Crippen molar-refractivity contribution in [3.05, 3.63) is 36.3 Å². The number of hydrogen-bond acceptors (Lipinski definition) is 6. The second kappa shape index (κ2) is 8.96. The van der Waals surface area contributed by atoms with E-state index in [-0.39, 0.29) is 29.8 Å². The lowest BCUT2D eigenvalue weighted by atomic mass is 10.1. The highest BCUT2D eigenvalue weighted by molar-refractivity contribution is 7.89. The number of pyridine rings is 1. The molecule has 3 heterocycles. The Morgan fingerprint density at radius 3 is 2.45 bits per heavy atom. The first-order chi connectivity index (χ1) is 13.8. The van der Waals surface area contributed by atoms with Crippen molar-refractivity contribution in [2.75, 3.05) is 26.2 Å². The summed E-state index contributed by atoms with van der Waals surface area (Å²) in [5, 5.41) is 0. The fourth-order valence-corrected chi connectivity index (χ4v) is 4.96. The van der Waals surface area contributed by atoms with Crippen LogP contribution in [0.4, 0.5) is 0 Å². The molecule has 3 rings (SSSR count). The van der Waals surface area contributed by atoms with Crippen LogP contribution >= 0.6 is 0 Å². The van der Waals surface area contributed by atoms with E-state index in [1.807, 2.05) is 26.8 Å². The summed E-state index contributed by atoms with van der Waals surface area (Å²) in [6.45, 7) is 7.13. The molecule has 1 aliphatic rings. The van der Waals surface area contributed by atoms with Crippen molar-refractivity contribution in [1.29, 1.82) is 0 Å². The number of piperazine rings is 1. The first-order valence-corrected chi connectivity index (χ1v) is 11.3. The Labute approximate surface area is 172 Å². The third-order valence-electron chi connectivity index (χ3n) is 4.90. The standard InChI is InChI=1S/C20H27N5O3S/c1-4-7-18(26)24-10-12-25(13-11-24)29(27,28)17-14-22-20(23-19(17)15(2)3)16-8-5-6-9-21-16/h5-6,8-9,14-15H,4,7,10-13H2,1-3H3. The van der Waals surface area contributed by atoms with Gasteiger partial charge in [-0.3, -0.25) is 9.78 Å².